The third kappa shape index (κ3) is 5.41. The molecule has 14 atom stereocenters. The number of aliphatic hydroxyl groups excluding tert-OH is 4. The number of ether oxygens (including phenoxy) is 2. The number of allylic oxidation sites excluding steroid dienone is 1. The number of hydrogen-bond acceptors (Lipinski definition) is 6. The molecule has 1 saturated heterocycles. The van der Waals surface area contributed by atoms with Crippen molar-refractivity contribution in [2.45, 2.75) is 142 Å². The van der Waals surface area contributed by atoms with E-state index < -0.39 is 37.3 Å². The molecule has 5 rings (SSSR count). The molecule has 0 aromatic heterocycles. The molecule has 5 aliphatic rings. The van der Waals surface area contributed by atoms with Crippen LogP contribution >= 0.6 is 0 Å². The first-order valence-electron chi connectivity index (χ1n) is 16.7. The van der Waals surface area contributed by atoms with Gasteiger partial charge in [-0.25, -0.2) is 0 Å². The van der Waals surface area contributed by atoms with Crippen LogP contribution in [-0.2, 0) is 9.47 Å². The van der Waals surface area contributed by atoms with Crippen LogP contribution in [0.15, 0.2) is 11.6 Å². The Morgan fingerprint density at radius 2 is 1.82 bits per heavy atom. The Kier molecular flexibility index (Phi) is 8.54. The van der Waals surface area contributed by atoms with E-state index in [4.69, 9.17) is 10.8 Å². The molecular formula is C33H56O6. The number of hydrogen-bond donors (Lipinski definition) is 4. The summed E-state index contributed by atoms with van der Waals surface area (Å²) in [5.41, 5.74) is 2.13. The largest absolute Gasteiger partial charge is 0.394 e. The summed E-state index contributed by atoms with van der Waals surface area (Å²) in [6.45, 7) is 9.95. The summed E-state index contributed by atoms with van der Waals surface area (Å²) in [6.07, 6.45) is 9.39. The molecule has 0 spiro atoms. The highest BCUT2D eigenvalue weighted by Crippen LogP contribution is 2.67. The fourth-order valence-electron chi connectivity index (χ4n) is 10.1. The average Bonchev–Trinajstić information content (AvgIpc) is 3.30. The van der Waals surface area contributed by atoms with Crippen LogP contribution in [-0.4, -0.2) is 63.8 Å². The molecule has 0 aromatic rings. The van der Waals surface area contributed by atoms with Crippen molar-refractivity contribution in [3.05, 3.63) is 11.6 Å². The summed E-state index contributed by atoms with van der Waals surface area (Å²) >= 11 is 0. The van der Waals surface area contributed by atoms with E-state index in [0.29, 0.717) is 24.2 Å². The molecular weight excluding hydrogens is 492 g/mol. The minimum atomic E-state index is -1.40. The first kappa shape index (κ1) is 28.6. The Morgan fingerprint density at radius 1 is 1.03 bits per heavy atom. The molecule has 0 aromatic carbocycles. The molecule has 0 amide bonds. The van der Waals surface area contributed by atoms with Crippen molar-refractivity contribution in [2.75, 3.05) is 6.61 Å². The van der Waals surface area contributed by atoms with E-state index in [1.807, 2.05) is 0 Å². The van der Waals surface area contributed by atoms with Gasteiger partial charge in [-0.15, -0.1) is 0 Å². The normalized spacial score (nSPS) is 49.7. The quantitative estimate of drug-likeness (QED) is 0.310. The molecule has 1 aliphatic heterocycles. The molecule has 0 radical (unpaired) electrons. The van der Waals surface area contributed by atoms with E-state index in [2.05, 4.69) is 33.8 Å². The van der Waals surface area contributed by atoms with Crippen molar-refractivity contribution in [3.63, 3.8) is 0 Å². The van der Waals surface area contributed by atoms with Crippen LogP contribution in [0.2, 0.25) is 0 Å². The summed E-state index contributed by atoms with van der Waals surface area (Å²) in [5, 5.41) is 40.3. The summed E-state index contributed by atoms with van der Waals surface area (Å²) in [7, 11) is 0. The minimum Gasteiger partial charge on any atom is -0.394 e. The number of fused-ring (bicyclic) bond motifs is 5. The molecule has 1 heterocycles. The number of aliphatic hydroxyl groups is 4. The summed E-state index contributed by atoms with van der Waals surface area (Å²) in [5.74, 6) is 4.40. The lowest BCUT2D eigenvalue weighted by Crippen LogP contribution is -2.60. The maximum Gasteiger partial charge on any atom is 0.186 e. The summed E-state index contributed by atoms with van der Waals surface area (Å²) in [4.78, 5) is 0. The van der Waals surface area contributed by atoms with Crippen LogP contribution in [0.4, 0.5) is 0 Å². The van der Waals surface area contributed by atoms with Crippen molar-refractivity contribution in [3.8, 4) is 0 Å². The third-order valence-electron chi connectivity index (χ3n) is 12.4. The molecule has 6 nitrogen and oxygen atoms in total. The zero-order chi connectivity index (χ0) is 28.8. The predicted molar refractivity (Wildman–Crippen MR) is 152 cm³/mol. The second kappa shape index (κ2) is 11.6. The minimum absolute atomic E-state index is 0.111. The number of rotatable bonds is 8. The maximum absolute atomic E-state index is 10.5. The second-order valence-electron chi connectivity index (χ2n) is 14.7. The van der Waals surface area contributed by atoms with E-state index in [1.54, 1.807) is 0 Å². The fourth-order valence-corrected chi connectivity index (χ4v) is 10.1. The molecule has 4 aliphatic carbocycles. The van der Waals surface area contributed by atoms with Crippen LogP contribution in [0.1, 0.15) is 107 Å². The Hall–Kier alpha value is -0.500. The Labute approximate surface area is 238 Å². The van der Waals surface area contributed by atoms with Crippen LogP contribution in [0, 0.1) is 46.3 Å². The molecule has 6 heteroatoms. The average molecular weight is 550 g/mol. The van der Waals surface area contributed by atoms with Gasteiger partial charge in [0.25, 0.3) is 0 Å². The van der Waals surface area contributed by atoms with E-state index in [9.17, 15) is 20.4 Å². The van der Waals surface area contributed by atoms with Gasteiger partial charge < -0.3 is 29.9 Å². The lowest BCUT2D eigenvalue weighted by atomic mass is 9.47. The highest BCUT2D eigenvalue weighted by atomic mass is 16.7. The Bertz CT molecular complexity index is 896. The zero-order valence-corrected chi connectivity index (χ0v) is 24.8. The SMILES string of the molecule is [2H]CC(C)CCC[C@@H](C)[C@H]1CC[C@H]2[C@@H]3CC=C4C[C@@H](OC5O[C@H](CO)[C@@H](O)[C@H](O)[C@H]5O)CC[C@]4(C)[C@H]3CC[C@]12C. The second-order valence-corrected chi connectivity index (χ2v) is 14.7. The van der Waals surface area contributed by atoms with E-state index in [1.165, 1.54) is 50.5 Å². The summed E-state index contributed by atoms with van der Waals surface area (Å²) < 4.78 is 19.5. The van der Waals surface area contributed by atoms with Crippen LogP contribution < -0.4 is 0 Å². The first-order chi connectivity index (χ1) is 19.0. The molecule has 4 N–H and O–H groups in total. The fraction of sp³-hybridized carbons (Fsp3) is 0.939. The Balaban J connectivity index is 1.23. The Morgan fingerprint density at radius 3 is 2.56 bits per heavy atom. The van der Waals surface area contributed by atoms with E-state index in [-0.39, 0.29) is 11.5 Å². The topological polar surface area (TPSA) is 99.4 Å². The lowest BCUT2D eigenvalue weighted by Gasteiger charge is -2.58. The van der Waals surface area contributed by atoms with Gasteiger partial charge in [0.2, 0.25) is 0 Å². The molecule has 3 saturated carbocycles. The molecule has 39 heavy (non-hydrogen) atoms. The van der Waals surface area contributed by atoms with Gasteiger partial charge in [-0.3, -0.25) is 0 Å². The maximum atomic E-state index is 10.5. The van der Waals surface area contributed by atoms with Gasteiger partial charge in [-0.2, -0.15) is 0 Å². The van der Waals surface area contributed by atoms with Crippen molar-refractivity contribution < 1.29 is 31.3 Å². The van der Waals surface area contributed by atoms with Crippen molar-refractivity contribution in [1.82, 2.24) is 0 Å². The predicted octanol–water partition coefficient (Wildman–Crippen LogP) is 5.21. The van der Waals surface area contributed by atoms with Gasteiger partial charge in [0.05, 0.1) is 12.7 Å². The van der Waals surface area contributed by atoms with Gasteiger partial charge in [-0.05, 0) is 97.7 Å². The van der Waals surface area contributed by atoms with Gasteiger partial charge >= 0.3 is 0 Å². The first-order valence-corrected chi connectivity index (χ1v) is 16.0. The molecule has 4 fully saturated rings. The van der Waals surface area contributed by atoms with Crippen LogP contribution in [0.25, 0.3) is 0 Å². The lowest BCUT2D eigenvalue weighted by molar-refractivity contribution is -0.313. The summed E-state index contributed by atoms with van der Waals surface area (Å²) in [6, 6.07) is 0. The van der Waals surface area contributed by atoms with Crippen molar-refractivity contribution in [1.29, 1.82) is 0 Å². The highest BCUT2D eigenvalue weighted by Gasteiger charge is 2.59. The van der Waals surface area contributed by atoms with E-state index >= 15 is 0 Å². The van der Waals surface area contributed by atoms with E-state index in [0.717, 1.165) is 49.4 Å². The van der Waals surface area contributed by atoms with Gasteiger partial charge in [0.1, 0.15) is 24.4 Å². The smallest absolute Gasteiger partial charge is 0.186 e. The van der Waals surface area contributed by atoms with Gasteiger partial charge in [0, 0.05) is 1.37 Å². The van der Waals surface area contributed by atoms with Crippen molar-refractivity contribution >= 4 is 0 Å². The monoisotopic (exact) mass is 549 g/mol. The molecule has 0 bridgehead atoms. The van der Waals surface area contributed by atoms with Crippen molar-refractivity contribution in [2.24, 2.45) is 46.3 Å². The van der Waals surface area contributed by atoms with Gasteiger partial charge in [0.15, 0.2) is 6.29 Å². The highest BCUT2D eigenvalue weighted by molar-refractivity contribution is 5.25. The zero-order valence-electron chi connectivity index (χ0n) is 25.8. The standard InChI is InChI=1S/C33H56O6/c1-19(2)7-6-8-20(3)24-11-12-25-23-10-9-21-17-22(13-15-32(21,4)26(23)14-16-33(24,25)5)38-31-30(37)29(36)28(35)27(18-34)39-31/h9,19-20,22-31,34-37H,6-8,10-18H2,1-5H3/t20-,22+,23+,24-,25+,26+,27-,28-,29+,30-,31?,32+,33-/m1/s1/i1D/t19?,20-,22+,23+,24-,25+,26+,27-,28-,29+,30-,31?,32+,33-. The third-order valence-corrected chi connectivity index (χ3v) is 12.4. The van der Waals surface area contributed by atoms with Crippen LogP contribution in [0.3, 0.4) is 0 Å². The molecule has 2 unspecified atom stereocenters. The van der Waals surface area contributed by atoms with Crippen LogP contribution in [0.5, 0.6) is 0 Å². The van der Waals surface area contributed by atoms with Gasteiger partial charge in [-0.1, -0.05) is 65.5 Å². The molecule has 224 valence electrons.